The van der Waals surface area contributed by atoms with E-state index in [1.54, 1.807) is 0 Å². The highest BCUT2D eigenvalue weighted by molar-refractivity contribution is 5.52. The maximum absolute atomic E-state index is 4.27. The minimum atomic E-state index is 0.492. The van der Waals surface area contributed by atoms with Gasteiger partial charge in [-0.25, -0.2) is 0 Å². The standard InChI is InChI=1S/C16H30N4/c1-6-20(11-7-10-19(4)5)16-8-9-17-12-15(16)13-18-14(2)3/h8-9,12,14,18H,6-7,10-11,13H2,1-5H3. The van der Waals surface area contributed by atoms with Crippen LogP contribution in [0.5, 0.6) is 0 Å². The van der Waals surface area contributed by atoms with Gasteiger partial charge in [0.05, 0.1) is 0 Å². The predicted octanol–water partition coefficient (Wildman–Crippen LogP) is 2.36. The smallest absolute Gasteiger partial charge is 0.0442 e. The number of nitrogens with zero attached hydrogens (tertiary/aromatic N) is 3. The van der Waals surface area contributed by atoms with Crippen molar-refractivity contribution in [2.24, 2.45) is 0 Å². The van der Waals surface area contributed by atoms with E-state index in [2.05, 4.69) is 61.0 Å². The molecule has 0 spiro atoms. The van der Waals surface area contributed by atoms with E-state index in [0.717, 1.165) is 26.2 Å². The summed E-state index contributed by atoms with van der Waals surface area (Å²) >= 11 is 0. The quantitative estimate of drug-likeness (QED) is 0.751. The summed E-state index contributed by atoms with van der Waals surface area (Å²) in [4.78, 5) is 8.96. The van der Waals surface area contributed by atoms with Crippen LogP contribution in [0.15, 0.2) is 18.5 Å². The predicted molar refractivity (Wildman–Crippen MR) is 87.3 cm³/mol. The van der Waals surface area contributed by atoms with Gasteiger partial charge in [-0.05, 0) is 40.1 Å². The Bertz CT molecular complexity index is 376. The molecule has 1 rings (SSSR count). The number of rotatable bonds is 9. The summed E-state index contributed by atoms with van der Waals surface area (Å²) in [6.45, 7) is 10.7. The normalized spacial score (nSPS) is 11.3. The van der Waals surface area contributed by atoms with E-state index in [0.29, 0.717) is 6.04 Å². The van der Waals surface area contributed by atoms with Crippen molar-refractivity contribution in [2.75, 3.05) is 38.6 Å². The van der Waals surface area contributed by atoms with Crippen molar-refractivity contribution >= 4 is 5.69 Å². The zero-order valence-corrected chi connectivity index (χ0v) is 13.7. The van der Waals surface area contributed by atoms with Crippen LogP contribution in [0.2, 0.25) is 0 Å². The van der Waals surface area contributed by atoms with Crippen LogP contribution in [-0.2, 0) is 6.54 Å². The summed E-state index contributed by atoms with van der Waals surface area (Å²) in [5, 5.41) is 3.48. The van der Waals surface area contributed by atoms with Crippen molar-refractivity contribution in [3.63, 3.8) is 0 Å². The molecule has 0 saturated carbocycles. The summed E-state index contributed by atoms with van der Waals surface area (Å²) in [5.74, 6) is 0. The highest BCUT2D eigenvalue weighted by atomic mass is 15.1. The highest BCUT2D eigenvalue weighted by Crippen LogP contribution is 2.19. The molecule has 0 saturated heterocycles. The zero-order chi connectivity index (χ0) is 15.0. The Hall–Kier alpha value is -1.13. The Morgan fingerprint density at radius 3 is 2.60 bits per heavy atom. The third-order valence-electron chi connectivity index (χ3n) is 3.33. The molecule has 4 nitrogen and oxygen atoms in total. The van der Waals surface area contributed by atoms with Gasteiger partial charge in [0.2, 0.25) is 0 Å². The molecule has 0 unspecified atom stereocenters. The maximum atomic E-state index is 4.27. The minimum Gasteiger partial charge on any atom is -0.371 e. The largest absolute Gasteiger partial charge is 0.371 e. The Morgan fingerprint density at radius 2 is 2.00 bits per heavy atom. The molecule has 1 N–H and O–H groups in total. The van der Waals surface area contributed by atoms with Gasteiger partial charge in [0.1, 0.15) is 0 Å². The molecular formula is C16H30N4. The Labute approximate surface area is 124 Å². The molecule has 0 aliphatic rings. The van der Waals surface area contributed by atoms with Crippen LogP contribution in [0.1, 0.15) is 32.8 Å². The molecule has 1 heterocycles. The summed E-state index contributed by atoms with van der Waals surface area (Å²) in [6, 6.07) is 2.63. The highest BCUT2D eigenvalue weighted by Gasteiger charge is 2.10. The van der Waals surface area contributed by atoms with E-state index in [1.807, 2.05) is 12.4 Å². The summed E-state index contributed by atoms with van der Waals surface area (Å²) in [6.07, 6.45) is 5.06. The summed E-state index contributed by atoms with van der Waals surface area (Å²) < 4.78 is 0. The van der Waals surface area contributed by atoms with Crippen LogP contribution in [0.4, 0.5) is 5.69 Å². The molecule has 0 aliphatic heterocycles. The number of hydrogen-bond acceptors (Lipinski definition) is 4. The first-order valence-electron chi connectivity index (χ1n) is 7.60. The van der Waals surface area contributed by atoms with Crippen molar-refractivity contribution in [1.29, 1.82) is 0 Å². The fourth-order valence-electron chi connectivity index (χ4n) is 2.21. The molecule has 1 aromatic heterocycles. The molecule has 1 aromatic rings. The fraction of sp³-hybridized carbons (Fsp3) is 0.688. The molecule has 20 heavy (non-hydrogen) atoms. The van der Waals surface area contributed by atoms with Gasteiger partial charge in [-0.1, -0.05) is 13.8 Å². The van der Waals surface area contributed by atoms with Gasteiger partial charge in [0, 0.05) is 49.3 Å². The van der Waals surface area contributed by atoms with Crippen LogP contribution in [0.3, 0.4) is 0 Å². The number of hydrogen-bond donors (Lipinski definition) is 1. The first-order valence-corrected chi connectivity index (χ1v) is 7.60. The second-order valence-electron chi connectivity index (χ2n) is 5.78. The molecular weight excluding hydrogens is 248 g/mol. The average Bonchev–Trinajstić information content (AvgIpc) is 2.41. The van der Waals surface area contributed by atoms with E-state index in [1.165, 1.54) is 17.7 Å². The van der Waals surface area contributed by atoms with Crippen LogP contribution in [-0.4, -0.2) is 49.7 Å². The first-order chi connectivity index (χ1) is 9.54. The third kappa shape index (κ3) is 5.88. The van der Waals surface area contributed by atoms with Gasteiger partial charge < -0.3 is 15.1 Å². The molecule has 0 atom stereocenters. The molecule has 0 aromatic carbocycles. The SMILES string of the molecule is CCN(CCCN(C)C)c1ccncc1CNC(C)C. The van der Waals surface area contributed by atoms with E-state index in [9.17, 15) is 0 Å². The molecule has 0 fully saturated rings. The van der Waals surface area contributed by atoms with Gasteiger partial charge in [-0.15, -0.1) is 0 Å². The molecule has 0 bridgehead atoms. The van der Waals surface area contributed by atoms with Gasteiger partial charge in [0.15, 0.2) is 0 Å². The molecule has 114 valence electrons. The van der Waals surface area contributed by atoms with Gasteiger partial charge in [-0.2, -0.15) is 0 Å². The van der Waals surface area contributed by atoms with E-state index in [-0.39, 0.29) is 0 Å². The van der Waals surface area contributed by atoms with Crippen LogP contribution in [0, 0.1) is 0 Å². The minimum absolute atomic E-state index is 0.492. The number of pyridine rings is 1. The van der Waals surface area contributed by atoms with E-state index in [4.69, 9.17) is 0 Å². The number of nitrogens with one attached hydrogen (secondary N) is 1. The monoisotopic (exact) mass is 278 g/mol. The van der Waals surface area contributed by atoms with Crippen LogP contribution in [0.25, 0.3) is 0 Å². The van der Waals surface area contributed by atoms with E-state index < -0.39 is 0 Å². The lowest BCUT2D eigenvalue weighted by atomic mass is 10.2. The van der Waals surface area contributed by atoms with Crippen molar-refractivity contribution in [1.82, 2.24) is 15.2 Å². The second-order valence-corrected chi connectivity index (χ2v) is 5.78. The molecule has 0 aliphatic carbocycles. The Kier molecular flexibility index (Phi) is 7.55. The maximum Gasteiger partial charge on any atom is 0.0442 e. The Balaban J connectivity index is 2.70. The zero-order valence-electron chi connectivity index (χ0n) is 13.7. The first kappa shape index (κ1) is 16.9. The fourth-order valence-corrected chi connectivity index (χ4v) is 2.21. The number of aromatic nitrogens is 1. The lowest BCUT2D eigenvalue weighted by molar-refractivity contribution is 0.400. The van der Waals surface area contributed by atoms with Crippen LogP contribution >= 0.6 is 0 Å². The van der Waals surface area contributed by atoms with Crippen molar-refractivity contribution in [3.8, 4) is 0 Å². The summed E-state index contributed by atoms with van der Waals surface area (Å²) in [7, 11) is 4.25. The van der Waals surface area contributed by atoms with Crippen LogP contribution < -0.4 is 10.2 Å². The lowest BCUT2D eigenvalue weighted by Gasteiger charge is -2.26. The van der Waals surface area contributed by atoms with Gasteiger partial charge in [-0.3, -0.25) is 4.98 Å². The lowest BCUT2D eigenvalue weighted by Crippen LogP contribution is -2.29. The van der Waals surface area contributed by atoms with Crippen molar-refractivity contribution in [2.45, 2.75) is 39.8 Å². The van der Waals surface area contributed by atoms with Crippen molar-refractivity contribution in [3.05, 3.63) is 24.0 Å². The van der Waals surface area contributed by atoms with Crippen molar-refractivity contribution < 1.29 is 0 Å². The third-order valence-corrected chi connectivity index (χ3v) is 3.33. The Morgan fingerprint density at radius 1 is 1.25 bits per heavy atom. The van der Waals surface area contributed by atoms with Gasteiger partial charge in [0.25, 0.3) is 0 Å². The topological polar surface area (TPSA) is 31.4 Å². The average molecular weight is 278 g/mol. The summed E-state index contributed by atoms with van der Waals surface area (Å²) in [5.41, 5.74) is 2.60. The molecule has 4 heteroatoms. The van der Waals surface area contributed by atoms with Gasteiger partial charge >= 0.3 is 0 Å². The molecule has 0 amide bonds. The number of anilines is 1. The molecule has 0 radical (unpaired) electrons. The van der Waals surface area contributed by atoms with E-state index >= 15 is 0 Å². The second kappa shape index (κ2) is 8.93.